The monoisotopic (exact) mass is 220 g/mol. The largest absolute Gasteiger partial charge is 0.392 e. The van der Waals surface area contributed by atoms with Crippen LogP contribution in [0.25, 0.3) is 0 Å². The highest BCUT2D eigenvalue weighted by Gasteiger charge is 2.20. The predicted octanol–water partition coefficient (Wildman–Crippen LogP) is 3.51. The van der Waals surface area contributed by atoms with E-state index in [1.807, 2.05) is 0 Å². The first kappa shape index (κ1) is 12.0. The van der Waals surface area contributed by atoms with E-state index in [1.165, 1.54) is 44.9 Å². The van der Waals surface area contributed by atoms with E-state index >= 15 is 0 Å². The van der Waals surface area contributed by atoms with Crippen molar-refractivity contribution in [2.75, 3.05) is 0 Å². The quantitative estimate of drug-likeness (QED) is 0.670. The molecule has 0 aromatic carbocycles. The lowest BCUT2D eigenvalue weighted by molar-refractivity contribution is 0.0969. The van der Waals surface area contributed by atoms with Gasteiger partial charge >= 0.3 is 0 Å². The second kappa shape index (κ2) is 6.30. The van der Waals surface area contributed by atoms with Crippen LogP contribution in [0.4, 0.5) is 0 Å². The summed E-state index contributed by atoms with van der Waals surface area (Å²) in [7, 11) is 0. The van der Waals surface area contributed by atoms with Crippen LogP contribution in [0.3, 0.4) is 0 Å². The van der Waals surface area contributed by atoms with Gasteiger partial charge in [0, 0.05) is 12.3 Å². The first-order valence-corrected chi connectivity index (χ1v) is 7.03. The van der Waals surface area contributed by atoms with Crippen molar-refractivity contribution in [1.29, 1.82) is 0 Å². The van der Waals surface area contributed by atoms with E-state index in [2.05, 4.69) is 11.8 Å². The Bertz CT molecular complexity index is 254. The van der Waals surface area contributed by atoms with Crippen LogP contribution in [-0.4, -0.2) is 11.2 Å². The molecule has 2 unspecified atom stereocenters. The molecule has 0 aliphatic heterocycles. The zero-order chi connectivity index (χ0) is 11.2. The van der Waals surface area contributed by atoms with Crippen molar-refractivity contribution < 1.29 is 5.11 Å². The third-order valence-electron chi connectivity index (χ3n) is 4.13. The van der Waals surface area contributed by atoms with Gasteiger partial charge in [-0.05, 0) is 31.6 Å². The number of aliphatic hydroxyl groups is 1. The van der Waals surface area contributed by atoms with Crippen LogP contribution in [0.2, 0.25) is 0 Å². The highest BCUT2D eigenvalue weighted by molar-refractivity contribution is 5.07. The molecular formula is C15H24O. The molecule has 0 amide bonds. The van der Waals surface area contributed by atoms with Crippen molar-refractivity contribution in [3.05, 3.63) is 0 Å². The zero-order valence-corrected chi connectivity index (χ0v) is 10.3. The number of hydrogen-bond donors (Lipinski definition) is 1. The molecule has 90 valence electrons. The Morgan fingerprint density at radius 3 is 2.31 bits per heavy atom. The molecule has 1 nitrogen and oxygen atoms in total. The van der Waals surface area contributed by atoms with Crippen LogP contribution in [0.15, 0.2) is 0 Å². The van der Waals surface area contributed by atoms with E-state index in [9.17, 15) is 5.11 Å². The number of aliphatic hydroxyl groups excluding tert-OH is 1. The molecule has 0 aromatic heterocycles. The number of rotatable bonds is 1. The van der Waals surface area contributed by atoms with E-state index in [-0.39, 0.29) is 12.0 Å². The third-order valence-corrected chi connectivity index (χ3v) is 4.13. The van der Waals surface area contributed by atoms with Gasteiger partial charge < -0.3 is 5.11 Å². The molecule has 2 rings (SSSR count). The van der Waals surface area contributed by atoms with Crippen LogP contribution >= 0.6 is 0 Å². The van der Waals surface area contributed by atoms with E-state index < -0.39 is 0 Å². The maximum Gasteiger partial charge on any atom is 0.0677 e. The van der Waals surface area contributed by atoms with Crippen LogP contribution in [0, 0.1) is 23.7 Å². The molecule has 16 heavy (non-hydrogen) atoms. The first-order chi connectivity index (χ1) is 7.86. The van der Waals surface area contributed by atoms with E-state index in [4.69, 9.17) is 0 Å². The lowest BCUT2D eigenvalue weighted by atomic mass is 9.85. The topological polar surface area (TPSA) is 20.2 Å². The summed E-state index contributed by atoms with van der Waals surface area (Å²) < 4.78 is 0. The summed E-state index contributed by atoms with van der Waals surface area (Å²) in [5, 5.41) is 9.80. The second-order valence-corrected chi connectivity index (χ2v) is 5.49. The van der Waals surface area contributed by atoms with Crippen molar-refractivity contribution >= 4 is 0 Å². The highest BCUT2D eigenvalue weighted by Crippen LogP contribution is 2.26. The molecule has 0 heterocycles. The lowest BCUT2D eigenvalue weighted by Crippen LogP contribution is -2.22. The van der Waals surface area contributed by atoms with Gasteiger partial charge in [0.15, 0.2) is 0 Å². The Morgan fingerprint density at radius 2 is 1.56 bits per heavy atom. The summed E-state index contributed by atoms with van der Waals surface area (Å²) >= 11 is 0. The lowest BCUT2D eigenvalue weighted by Gasteiger charge is -2.23. The van der Waals surface area contributed by atoms with Gasteiger partial charge in [0.1, 0.15) is 0 Å². The highest BCUT2D eigenvalue weighted by atomic mass is 16.3. The van der Waals surface area contributed by atoms with Gasteiger partial charge in [-0.25, -0.2) is 0 Å². The fourth-order valence-corrected chi connectivity index (χ4v) is 3.01. The normalized spacial score (nSPS) is 31.8. The van der Waals surface area contributed by atoms with E-state index in [1.54, 1.807) is 0 Å². The zero-order valence-electron chi connectivity index (χ0n) is 10.3. The standard InChI is InChI=1S/C15H24O/c16-15-12-5-4-10-14(15)11-6-9-13-7-2-1-3-8-13/h13-16H,1-5,7-10,12H2. The fourth-order valence-electron chi connectivity index (χ4n) is 3.01. The van der Waals surface area contributed by atoms with Gasteiger partial charge in [-0.15, -0.1) is 5.92 Å². The average molecular weight is 220 g/mol. The summed E-state index contributed by atoms with van der Waals surface area (Å²) in [6, 6.07) is 0. The average Bonchev–Trinajstić information content (AvgIpc) is 2.33. The molecule has 0 aromatic rings. The Morgan fingerprint density at radius 1 is 0.875 bits per heavy atom. The first-order valence-electron chi connectivity index (χ1n) is 7.03. The Kier molecular flexibility index (Phi) is 4.72. The molecule has 2 saturated carbocycles. The van der Waals surface area contributed by atoms with Crippen molar-refractivity contribution in [3.8, 4) is 11.8 Å². The number of hydrogen-bond acceptors (Lipinski definition) is 1. The van der Waals surface area contributed by atoms with Gasteiger partial charge in [-0.2, -0.15) is 0 Å². The van der Waals surface area contributed by atoms with Crippen molar-refractivity contribution in [2.45, 2.75) is 70.3 Å². The molecular weight excluding hydrogens is 196 g/mol. The van der Waals surface area contributed by atoms with Crippen molar-refractivity contribution in [1.82, 2.24) is 0 Å². The molecule has 2 aliphatic carbocycles. The molecule has 0 bridgehead atoms. The predicted molar refractivity (Wildman–Crippen MR) is 66.9 cm³/mol. The molecule has 0 saturated heterocycles. The molecule has 2 aliphatic rings. The second-order valence-electron chi connectivity index (χ2n) is 5.49. The summed E-state index contributed by atoms with van der Waals surface area (Å²) in [6.07, 6.45) is 12.4. The molecule has 1 heteroatoms. The van der Waals surface area contributed by atoms with E-state index in [0.717, 1.165) is 25.2 Å². The van der Waals surface area contributed by atoms with Gasteiger partial charge in [0.05, 0.1) is 6.10 Å². The molecule has 0 radical (unpaired) electrons. The van der Waals surface area contributed by atoms with Gasteiger partial charge in [0.2, 0.25) is 0 Å². The molecule has 1 N–H and O–H groups in total. The molecule has 2 atom stereocenters. The van der Waals surface area contributed by atoms with E-state index in [0.29, 0.717) is 0 Å². The minimum absolute atomic E-state index is 0.146. The summed E-state index contributed by atoms with van der Waals surface area (Å²) in [4.78, 5) is 0. The Labute approximate surface area is 99.6 Å². The minimum atomic E-state index is -0.146. The van der Waals surface area contributed by atoms with Gasteiger partial charge in [-0.1, -0.05) is 38.0 Å². The summed E-state index contributed by atoms with van der Waals surface area (Å²) in [6.45, 7) is 0. The van der Waals surface area contributed by atoms with Gasteiger partial charge in [0.25, 0.3) is 0 Å². The van der Waals surface area contributed by atoms with Crippen LogP contribution in [0.1, 0.15) is 64.2 Å². The summed E-state index contributed by atoms with van der Waals surface area (Å²) in [5.41, 5.74) is 0. The maximum atomic E-state index is 9.80. The Hall–Kier alpha value is -0.480. The third kappa shape index (κ3) is 3.52. The molecule has 2 fully saturated rings. The fraction of sp³-hybridized carbons (Fsp3) is 0.867. The van der Waals surface area contributed by atoms with Crippen LogP contribution in [-0.2, 0) is 0 Å². The van der Waals surface area contributed by atoms with Gasteiger partial charge in [-0.3, -0.25) is 0 Å². The minimum Gasteiger partial charge on any atom is -0.392 e. The smallest absolute Gasteiger partial charge is 0.0677 e. The van der Waals surface area contributed by atoms with Crippen LogP contribution < -0.4 is 0 Å². The maximum absolute atomic E-state index is 9.80. The van der Waals surface area contributed by atoms with Crippen LogP contribution in [0.5, 0.6) is 0 Å². The van der Waals surface area contributed by atoms with Crippen molar-refractivity contribution in [2.24, 2.45) is 11.8 Å². The summed E-state index contributed by atoms with van der Waals surface area (Å²) in [5.74, 6) is 7.79. The Balaban J connectivity index is 1.75. The molecule has 0 spiro atoms. The SMILES string of the molecule is OC1CCCCC1C#CCC1CCCCC1. The van der Waals surface area contributed by atoms with Crippen molar-refractivity contribution in [3.63, 3.8) is 0 Å².